The van der Waals surface area contributed by atoms with Crippen LogP contribution in [0.2, 0.25) is 0 Å². The number of carbonyl (C=O) groups excluding carboxylic acids is 2. The SMILES string of the molecule is CCOC(=O)C1=c2s/c(=C/c3ccccc3F)c(=O)n2C(=N)C(C(=O)OCC)C1c1ccccc1F. The fraction of sp³-hybridized carbons (Fsp3) is 0.231. The average Bonchev–Trinajstić information content (AvgIpc) is 3.16. The van der Waals surface area contributed by atoms with E-state index in [4.69, 9.17) is 14.9 Å². The molecule has 2 unspecified atom stereocenters. The van der Waals surface area contributed by atoms with E-state index in [0.717, 1.165) is 15.9 Å². The number of esters is 2. The molecule has 1 N–H and O–H groups in total. The lowest BCUT2D eigenvalue weighted by molar-refractivity contribution is -0.146. The Hall–Kier alpha value is -3.92. The van der Waals surface area contributed by atoms with Crippen LogP contribution in [0.3, 0.4) is 0 Å². The highest BCUT2D eigenvalue weighted by Crippen LogP contribution is 2.38. The van der Waals surface area contributed by atoms with Crippen LogP contribution in [0.5, 0.6) is 0 Å². The molecule has 36 heavy (non-hydrogen) atoms. The van der Waals surface area contributed by atoms with Crippen LogP contribution in [0.25, 0.3) is 11.6 Å². The fourth-order valence-corrected chi connectivity index (χ4v) is 5.34. The van der Waals surface area contributed by atoms with E-state index in [1.807, 2.05) is 0 Å². The molecule has 10 heteroatoms. The first-order valence-electron chi connectivity index (χ1n) is 11.2. The Balaban J connectivity index is 2.12. The first-order valence-corrected chi connectivity index (χ1v) is 12.0. The van der Waals surface area contributed by atoms with Crippen molar-refractivity contribution in [2.24, 2.45) is 5.92 Å². The van der Waals surface area contributed by atoms with Gasteiger partial charge in [-0.15, -0.1) is 11.3 Å². The highest BCUT2D eigenvalue weighted by atomic mass is 32.1. The van der Waals surface area contributed by atoms with Crippen LogP contribution < -0.4 is 14.8 Å². The maximum atomic E-state index is 15.0. The second kappa shape index (κ2) is 10.4. The monoisotopic (exact) mass is 512 g/mol. The Morgan fingerprint density at radius 2 is 1.67 bits per heavy atom. The Kier molecular flexibility index (Phi) is 7.25. The molecule has 0 amide bonds. The largest absolute Gasteiger partial charge is 0.465 e. The smallest absolute Gasteiger partial charge is 0.337 e. The van der Waals surface area contributed by atoms with Gasteiger partial charge in [0.05, 0.1) is 23.3 Å². The van der Waals surface area contributed by atoms with Crippen LogP contribution in [0, 0.1) is 23.0 Å². The van der Waals surface area contributed by atoms with Crippen LogP contribution in [-0.2, 0) is 19.1 Å². The van der Waals surface area contributed by atoms with Gasteiger partial charge in [0, 0.05) is 11.5 Å². The minimum atomic E-state index is -1.50. The van der Waals surface area contributed by atoms with Gasteiger partial charge in [-0.1, -0.05) is 36.4 Å². The van der Waals surface area contributed by atoms with Crippen LogP contribution in [0.1, 0.15) is 30.9 Å². The van der Waals surface area contributed by atoms with Crippen molar-refractivity contribution in [1.29, 1.82) is 5.41 Å². The zero-order chi connectivity index (χ0) is 26.0. The maximum absolute atomic E-state index is 15.0. The third-order valence-electron chi connectivity index (χ3n) is 5.70. The number of nitrogens with one attached hydrogen (secondary N) is 1. The van der Waals surface area contributed by atoms with E-state index in [1.54, 1.807) is 26.0 Å². The number of carbonyl (C=O) groups is 2. The Labute approximate surface area is 208 Å². The number of aromatic nitrogens is 1. The Morgan fingerprint density at radius 1 is 1.03 bits per heavy atom. The lowest BCUT2D eigenvalue weighted by Gasteiger charge is -2.31. The summed E-state index contributed by atoms with van der Waals surface area (Å²) in [5.41, 5.74) is -0.752. The van der Waals surface area contributed by atoms with Gasteiger partial charge in [-0.3, -0.25) is 19.6 Å². The molecule has 1 aliphatic rings. The quantitative estimate of drug-likeness (QED) is 0.512. The molecule has 0 saturated heterocycles. The second-order valence-electron chi connectivity index (χ2n) is 7.83. The molecule has 0 fully saturated rings. The number of fused-ring (bicyclic) bond motifs is 1. The minimum Gasteiger partial charge on any atom is -0.465 e. The van der Waals surface area contributed by atoms with Gasteiger partial charge in [0.1, 0.15) is 28.1 Å². The van der Waals surface area contributed by atoms with Gasteiger partial charge in [0.25, 0.3) is 5.56 Å². The summed E-state index contributed by atoms with van der Waals surface area (Å²) >= 11 is 0.838. The van der Waals surface area contributed by atoms with E-state index in [0.29, 0.717) is 0 Å². The van der Waals surface area contributed by atoms with E-state index in [1.165, 1.54) is 42.5 Å². The summed E-state index contributed by atoms with van der Waals surface area (Å²) in [6, 6.07) is 11.4. The number of hydrogen-bond donors (Lipinski definition) is 1. The van der Waals surface area contributed by atoms with Crippen LogP contribution >= 0.6 is 11.3 Å². The minimum absolute atomic E-state index is 0.0137. The first kappa shape index (κ1) is 25.2. The van der Waals surface area contributed by atoms with E-state index in [2.05, 4.69) is 0 Å². The van der Waals surface area contributed by atoms with Gasteiger partial charge >= 0.3 is 11.9 Å². The van der Waals surface area contributed by atoms with E-state index in [9.17, 15) is 18.8 Å². The van der Waals surface area contributed by atoms with E-state index in [-0.39, 0.29) is 39.1 Å². The molecular weight excluding hydrogens is 490 g/mol. The van der Waals surface area contributed by atoms with E-state index >= 15 is 4.39 Å². The van der Waals surface area contributed by atoms with Crippen LogP contribution in [-0.4, -0.2) is 35.6 Å². The molecule has 0 spiro atoms. The van der Waals surface area contributed by atoms with Crippen molar-refractivity contribution in [3.05, 3.63) is 90.8 Å². The summed E-state index contributed by atoms with van der Waals surface area (Å²) < 4.78 is 40.7. The molecule has 7 nitrogen and oxygen atoms in total. The summed E-state index contributed by atoms with van der Waals surface area (Å²) in [5.74, 6) is -6.26. The molecular formula is C26H22F2N2O5S. The zero-order valence-electron chi connectivity index (χ0n) is 19.4. The lowest BCUT2D eigenvalue weighted by Crippen LogP contribution is -2.50. The zero-order valence-corrected chi connectivity index (χ0v) is 20.2. The van der Waals surface area contributed by atoms with Gasteiger partial charge in [-0.2, -0.15) is 0 Å². The lowest BCUT2D eigenvalue weighted by atomic mass is 9.78. The second-order valence-corrected chi connectivity index (χ2v) is 8.86. The van der Waals surface area contributed by atoms with Gasteiger partial charge in [0.2, 0.25) is 0 Å². The number of nitrogens with zero attached hydrogens (tertiary/aromatic N) is 1. The topological polar surface area (TPSA) is 98.5 Å². The molecule has 186 valence electrons. The number of rotatable bonds is 6. The van der Waals surface area contributed by atoms with Crippen molar-refractivity contribution < 1.29 is 27.8 Å². The molecule has 2 aromatic carbocycles. The molecule has 0 bridgehead atoms. The molecule has 1 aliphatic heterocycles. The van der Waals surface area contributed by atoms with Crippen molar-refractivity contribution in [3.8, 4) is 0 Å². The summed E-state index contributed by atoms with van der Waals surface area (Å²) in [7, 11) is 0. The third kappa shape index (κ3) is 4.39. The van der Waals surface area contributed by atoms with Crippen molar-refractivity contribution in [1.82, 2.24) is 4.57 Å². The van der Waals surface area contributed by atoms with Crippen molar-refractivity contribution in [2.75, 3.05) is 13.2 Å². The highest BCUT2D eigenvalue weighted by Gasteiger charge is 2.46. The normalized spacial score (nSPS) is 17.6. The third-order valence-corrected chi connectivity index (χ3v) is 6.81. The summed E-state index contributed by atoms with van der Waals surface area (Å²) in [6.07, 6.45) is 1.31. The maximum Gasteiger partial charge on any atom is 0.337 e. The summed E-state index contributed by atoms with van der Waals surface area (Å²) in [5, 5.41) is 8.79. The summed E-state index contributed by atoms with van der Waals surface area (Å²) in [4.78, 5) is 39.7. The average molecular weight is 513 g/mol. The van der Waals surface area contributed by atoms with Crippen molar-refractivity contribution in [3.63, 3.8) is 0 Å². The fourth-order valence-electron chi connectivity index (χ4n) is 4.18. The molecule has 2 atom stereocenters. The number of halogens is 2. The molecule has 2 heterocycles. The van der Waals surface area contributed by atoms with Gasteiger partial charge < -0.3 is 9.47 Å². The van der Waals surface area contributed by atoms with Gasteiger partial charge in [-0.05, 0) is 37.6 Å². The molecule has 0 radical (unpaired) electrons. The molecule has 0 saturated carbocycles. The van der Waals surface area contributed by atoms with Crippen LogP contribution in [0.4, 0.5) is 8.78 Å². The standard InChI is InChI=1S/C26H22F2N2O5S/c1-3-34-25(32)20-19(15-10-6-8-12-17(15)28)21(26(33)35-4-2)24-30(22(20)29)23(31)18(36-24)13-14-9-5-7-11-16(14)27/h5-13,19-20,29H,3-4H2,1-2H3/b18-13+,29-22?. The van der Waals surface area contributed by atoms with Gasteiger partial charge in [0.15, 0.2) is 0 Å². The van der Waals surface area contributed by atoms with E-state index < -0.39 is 46.8 Å². The number of ether oxygens (including phenoxy) is 2. The van der Waals surface area contributed by atoms with Crippen LogP contribution in [0.15, 0.2) is 53.3 Å². The molecule has 3 aromatic rings. The van der Waals surface area contributed by atoms with Crippen molar-refractivity contribution >= 4 is 40.8 Å². The van der Waals surface area contributed by atoms with Gasteiger partial charge in [-0.25, -0.2) is 13.6 Å². The number of benzene rings is 2. The number of hydrogen-bond acceptors (Lipinski definition) is 7. The predicted molar refractivity (Wildman–Crippen MR) is 130 cm³/mol. The predicted octanol–water partition coefficient (Wildman–Crippen LogP) is 2.53. The first-order chi connectivity index (χ1) is 17.3. The number of thiazole rings is 1. The highest BCUT2D eigenvalue weighted by molar-refractivity contribution is 7.07. The Morgan fingerprint density at radius 3 is 2.31 bits per heavy atom. The molecule has 4 rings (SSSR count). The van der Waals surface area contributed by atoms with Crippen molar-refractivity contribution in [2.45, 2.75) is 19.8 Å². The molecule has 1 aromatic heterocycles. The Bertz CT molecular complexity index is 1540. The summed E-state index contributed by atoms with van der Waals surface area (Å²) in [6.45, 7) is 3.11. The molecule has 0 aliphatic carbocycles.